The van der Waals surface area contributed by atoms with Crippen LogP contribution >= 0.6 is 0 Å². The number of hydrogen-bond acceptors (Lipinski definition) is 3. The molecule has 2 rings (SSSR count). The molecule has 2 aromatic rings. The predicted octanol–water partition coefficient (Wildman–Crippen LogP) is 3.97. The van der Waals surface area contributed by atoms with Crippen molar-refractivity contribution in [2.75, 3.05) is 6.54 Å². The van der Waals surface area contributed by atoms with Gasteiger partial charge in [-0.15, -0.1) is 0 Å². The maximum absolute atomic E-state index is 12.4. The van der Waals surface area contributed by atoms with Crippen molar-refractivity contribution in [1.29, 1.82) is 0 Å². The topological polar surface area (TPSA) is 66.4 Å². The van der Waals surface area contributed by atoms with Gasteiger partial charge in [-0.1, -0.05) is 57.4 Å². The van der Waals surface area contributed by atoms with Crippen molar-refractivity contribution in [3.05, 3.63) is 35.9 Å². The highest BCUT2D eigenvalue weighted by molar-refractivity contribution is 7.89. The average Bonchev–Trinajstić information content (AvgIpc) is 2.52. The molecular weight excluding hydrogens is 310 g/mol. The average molecular weight is 335 g/mol. The summed E-state index contributed by atoms with van der Waals surface area (Å²) in [6.07, 6.45) is 4.99. The Bertz CT molecular complexity index is 769. The fraction of sp³-hybridized carbons (Fsp3) is 0.444. The van der Waals surface area contributed by atoms with Gasteiger partial charge in [-0.25, -0.2) is 13.1 Å². The van der Waals surface area contributed by atoms with Crippen LogP contribution in [0.1, 0.15) is 45.1 Å². The first-order valence-corrected chi connectivity index (χ1v) is 9.72. The molecule has 0 fully saturated rings. The van der Waals surface area contributed by atoms with Crippen LogP contribution in [0, 0.1) is 0 Å². The highest BCUT2D eigenvalue weighted by Crippen LogP contribution is 2.35. The van der Waals surface area contributed by atoms with E-state index in [1.165, 1.54) is 0 Å². The molecule has 2 N–H and O–H groups in total. The molecule has 0 aromatic heterocycles. The van der Waals surface area contributed by atoms with Crippen molar-refractivity contribution in [3.63, 3.8) is 0 Å². The summed E-state index contributed by atoms with van der Waals surface area (Å²) in [5.74, 6) is -0.110. The van der Waals surface area contributed by atoms with E-state index in [1.807, 2.05) is 24.3 Å². The fourth-order valence-electron chi connectivity index (χ4n) is 2.84. The number of nitrogens with one attached hydrogen (secondary N) is 1. The summed E-state index contributed by atoms with van der Waals surface area (Å²) >= 11 is 0. The van der Waals surface area contributed by atoms with Crippen molar-refractivity contribution in [3.8, 4) is 5.75 Å². The van der Waals surface area contributed by atoms with Crippen LogP contribution in [-0.4, -0.2) is 20.1 Å². The van der Waals surface area contributed by atoms with Gasteiger partial charge in [0.15, 0.2) is 0 Å². The van der Waals surface area contributed by atoms with Gasteiger partial charge in [0, 0.05) is 12.1 Å². The zero-order chi connectivity index (χ0) is 16.9. The lowest BCUT2D eigenvalue weighted by molar-refractivity contribution is 0.450. The maximum Gasteiger partial charge on any atom is 0.244 e. The molecule has 5 heteroatoms. The Morgan fingerprint density at radius 1 is 1.09 bits per heavy atom. The molecule has 0 bridgehead atoms. The molecule has 0 atom stereocenters. The van der Waals surface area contributed by atoms with Crippen LogP contribution < -0.4 is 4.72 Å². The maximum atomic E-state index is 12.4. The molecule has 0 unspecified atom stereocenters. The van der Waals surface area contributed by atoms with Gasteiger partial charge in [-0.05, 0) is 29.7 Å². The van der Waals surface area contributed by atoms with Crippen LogP contribution in [0.5, 0.6) is 5.75 Å². The van der Waals surface area contributed by atoms with Crippen LogP contribution in [0.25, 0.3) is 10.8 Å². The van der Waals surface area contributed by atoms with E-state index in [1.54, 1.807) is 13.0 Å². The Kier molecular flexibility index (Phi) is 6.02. The Balaban J connectivity index is 2.52. The summed E-state index contributed by atoms with van der Waals surface area (Å²) in [6, 6.07) is 9.17. The molecule has 0 saturated carbocycles. The monoisotopic (exact) mass is 335 g/mol. The zero-order valence-electron chi connectivity index (χ0n) is 13.8. The lowest BCUT2D eigenvalue weighted by atomic mass is 9.98. The number of unbranched alkanes of at least 4 members (excludes halogenated alkanes) is 3. The van der Waals surface area contributed by atoms with Gasteiger partial charge in [0.05, 0.1) is 0 Å². The molecule has 0 aliphatic rings. The lowest BCUT2D eigenvalue weighted by Gasteiger charge is -2.14. The summed E-state index contributed by atoms with van der Waals surface area (Å²) in [7, 11) is -3.69. The standard InChI is InChI=1S/C18H25NO3S/c1-3-5-6-7-12-16-15-11-9-8-10-14(15)13-17(18(16)20)23(21,22)19-4-2/h8-11,13,19-20H,3-7,12H2,1-2H3. The highest BCUT2D eigenvalue weighted by atomic mass is 32.2. The number of hydrogen-bond donors (Lipinski definition) is 2. The van der Waals surface area contributed by atoms with Gasteiger partial charge in [-0.2, -0.15) is 0 Å². The van der Waals surface area contributed by atoms with Crippen molar-refractivity contribution < 1.29 is 13.5 Å². The van der Waals surface area contributed by atoms with E-state index in [4.69, 9.17) is 0 Å². The minimum absolute atomic E-state index is 0.0245. The van der Waals surface area contributed by atoms with E-state index in [0.717, 1.165) is 42.0 Å². The van der Waals surface area contributed by atoms with Crippen LogP contribution in [0.2, 0.25) is 0 Å². The molecule has 2 aromatic carbocycles. The van der Waals surface area contributed by atoms with E-state index < -0.39 is 10.0 Å². The smallest absolute Gasteiger partial charge is 0.244 e. The molecule has 23 heavy (non-hydrogen) atoms. The molecule has 0 saturated heterocycles. The number of benzene rings is 2. The number of aromatic hydroxyl groups is 1. The molecule has 4 nitrogen and oxygen atoms in total. The first-order chi connectivity index (χ1) is 11.0. The van der Waals surface area contributed by atoms with Gasteiger partial charge >= 0.3 is 0 Å². The number of phenols is 1. The van der Waals surface area contributed by atoms with Crippen LogP contribution in [0.3, 0.4) is 0 Å². The third-order valence-electron chi connectivity index (χ3n) is 4.00. The number of rotatable bonds is 8. The summed E-state index contributed by atoms with van der Waals surface area (Å²) in [4.78, 5) is -0.0245. The summed E-state index contributed by atoms with van der Waals surface area (Å²) in [5, 5.41) is 12.4. The normalized spacial score (nSPS) is 11.9. The molecule has 0 aliphatic heterocycles. The van der Waals surface area contributed by atoms with E-state index in [9.17, 15) is 13.5 Å². The zero-order valence-corrected chi connectivity index (χ0v) is 14.6. The third-order valence-corrected chi connectivity index (χ3v) is 5.55. The summed E-state index contributed by atoms with van der Waals surface area (Å²) < 4.78 is 27.2. The first-order valence-electron chi connectivity index (χ1n) is 8.24. The van der Waals surface area contributed by atoms with Crippen molar-refractivity contribution in [2.24, 2.45) is 0 Å². The number of fused-ring (bicyclic) bond motifs is 1. The molecule has 126 valence electrons. The van der Waals surface area contributed by atoms with Crippen LogP contribution in [0.15, 0.2) is 35.2 Å². The van der Waals surface area contributed by atoms with Crippen molar-refractivity contribution in [2.45, 2.75) is 50.8 Å². The van der Waals surface area contributed by atoms with Crippen molar-refractivity contribution >= 4 is 20.8 Å². The molecule has 0 aliphatic carbocycles. The Morgan fingerprint density at radius 2 is 1.83 bits per heavy atom. The van der Waals surface area contributed by atoms with Gasteiger partial charge in [0.1, 0.15) is 10.6 Å². The number of aryl methyl sites for hydroxylation is 1. The quantitative estimate of drug-likeness (QED) is 0.717. The molecule has 0 amide bonds. The fourth-order valence-corrected chi connectivity index (χ4v) is 4.03. The Morgan fingerprint density at radius 3 is 2.52 bits per heavy atom. The second-order valence-electron chi connectivity index (χ2n) is 5.73. The lowest BCUT2D eigenvalue weighted by Crippen LogP contribution is -2.23. The van der Waals surface area contributed by atoms with E-state index in [2.05, 4.69) is 11.6 Å². The van der Waals surface area contributed by atoms with E-state index >= 15 is 0 Å². The third kappa shape index (κ3) is 4.03. The Labute approximate surface area is 138 Å². The van der Waals surface area contributed by atoms with Gasteiger partial charge in [0.25, 0.3) is 0 Å². The van der Waals surface area contributed by atoms with Gasteiger partial charge in [0.2, 0.25) is 10.0 Å². The minimum atomic E-state index is -3.69. The van der Waals surface area contributed by atoms with E-state index in [-0.39, 0.29) is 10.6 Å². The molecule has 0 radical (unpaired) electrons. The van der Waals surface area contributed by atoms with Gasteiger partial charge < -0.3 is 5.11 Å². The first kappa shape index (κ1) is 17.8. The number of phenolic OH excluding ortho intramolecular Hbond substituents is 1. The highest BCUT2D eigenvalue weighted by Gasteiger charge is 2.22. The van der Waals surface area contributed by atoms with Crippen LogP contribution in [-0.2, 0) is 16.4 Å². The number of sulfonamides is 1. The minimum Gasteiger partial charge on any atom is -0.506 e. The molecular formula is C18H25NO3S. The second kappa shape index (κ2) is 7.79. The predicted molar refractivity (Wildman–Crippen MR) is 94.3 cm³/mol. The molecule has 0 spiro atoms. The Hall–Kier alpha value is -1.59. The van der Waals surface area contributed by atoms with Gasteiger partial charge in [-0.3, -0.25) is 0 Å². The second-order valence-corrected chi connectivity index (χ2v) is 7.47. The van der Waals surface area contributed by atoms with Crippen LogP contribution in [0.4, 0.5) is 0 Å². The van der Waals surface area contributed by atoms with Crippen molar-refractivity contribution in [1.82, 2.24) is 4.72 Å². The largest absolute Gasteiger partial charge is 0.506 e. The SMILES string of the molecule is CCCCCCc1c(O)c(S(=O)(=O)NCC)cc2ccccc12. The van der Waals surface area contributed by atoms with E-state index in [0.29, 0.717) is 13.0 Å². The summed E-state index contributed by atoms with van der Waals surface area (Å²) in [5.41, 5.74) is 0.732. The molecule has 0 heterocycles. The summed E-state index contributed by atoms with van der Waals surface area (Å²) in [6.45, 7) is 4.16.